The van der Waals surface area contributed by atoms with Gasteiger partial charge in [-0.05, 0) is 25.1 Å². The second-order valence-corrected chi connectivity index (χ2v) is 8.55. The third-order valence-corrected chi connectivity index (χ3v) is 6.71. The minimum atomic E-state index is -3.48. The molecule has 7 heteroatoms. The molecule has 0 bridgehead atoms. The van der Waals surface area contributed by atoms with Crippen LogP contribution in [0.15, 0.2) is 23.1 Å². The van der Waals surface area contributed by atoms with Gasteiger partial charge in [0.1, 0.15) is 13.2 Å². The van der Waals surface area contributed by atoms with Crippen molar-refractivity contribution in [1.29, 1.82) is 0 Å². The molecule has 3 rings (SSSR count). The number of fused-ring (bicyclic) bond motifs is 1. The Bertz CT molecular complexity index is 670. The van der Waals surface area contributed by atoms with Crippen molar-refractivity contribution in [2.45, 2.75) is 37.5 Å². The van der Waals surface area contributed by atoms with Crippen LogP contribution in [0, 0.1) is 0 Å². The highest BCUT2D eigenvalue weighted by Crippen LogP contribution is 2.33. The maximum absolute atomic E-state index is 12.9. The van der Waals surface area contributed by atoms with Crippen molar-refractivity contribution < 1.29 is 17.9 Å². The van der Waals surface area contributed by atoms with Gasteiger partial charge in [-0.2, -0.15) is 4.31 Å². The molecule has 1 aromatic carbocycles. The maximum atomic E-state index is 12.9. The standard InChI is InChI=1S/C18H28N2O4S/c1-2-3-4-5-8-19-9-11-20(12-10-19)25(21,22)16-6-7-17-18(15-16)24-14-13-23-17/h6-7,15H,2-5,8-14H2,1H3. The number of ether oxygens (including phenoxy) is 2. The molecule has 0 radical (unpaired) electrons. The number of sulfonamides is 1. The molecule has 2 heterocycles. The molecule has 0 aliphatic carbocycles. The predicted octanol–water partition coefficient (Wildman–Crippen LogP) is 2.34. The third-order valence-electron chi connectivity index (χ3n) is 4.81. The lowest BCUT2D eigenvalue weighted by Crippen LogP contribution is -2.48. The second-order valence-electron chi connectivity index (χ2n) is 6.61. The second kappa shape index (κ2) is 8.38. The van der Waals surface area contributed by atoms with Gasteiger partial charge in [-0.15, -0.1) is 0 Å². The van der Waals surface area contributed by atoms with E-state index in [-0.39, 0.29) is 4.90 Å². The first-order valence-electron chi connectivity index (χ1n) is 9.23. The minimum Gasteiger partial charge on any atom is -0.486 e. The Morgan fingerprint density at radius 1 is 0.960 bits per heavy atom. The lowest BCUT2D eigenvalue weighted by molar-refractivity contribution is 0.170. The first-order valence-corrected chi connectivity index (χ1v) is 10.7. The van der Waals surface area contributed by atoms with Gasteiger partial charge >= 0.3 is 0 Å². The van der Waals surface area contributed by atoms with E-state index in [4.69, 9.17) is 9.47 Å². The van der Waals surface area contributed by atoms with Crippen molar-refractivity contribution in [1.82, 2.24) is 9.21 Å². The van der Waals surface area contributed by atoms with E-state index in [0.29, 0.717) is 37.8 Å². The molecule has 0 atom stereocenters. The summed E-state index contributed by atoms with van der Waals surface area (Å²) in [6.45, 7) is 6.92. The average molecular weight is 368 g/mol. The van der Waals surface area contributed by atoms with Crippen LogP contribution in [0.5, 0.6) is 11.5 Å². The normalized spacial score (nSPS) is 19.1. The summed E-state index contributed by atoms with van der Waals surface area (Å²) < 4.78 is 38.3. The van der Waals surface area contributed by atoms with Crippen molar-refractivity contribution >= 4 is 10.0 Å². The van der Waals surface area contributed by atoms with Gasteiger partial charge in [-0.1, -0.05) is 26.2 Å². The molecule has 0 N–H and O–H groups in total. The lowest BCUT2D eigenvalue weighted by atomic mass is 10.2. The van der Waals surface area contributed by atoms with Gasteiger partial charge in [-0.3, -0.25) is 0 Å². The van der Waals surface area contributed by atoms with Gasteiger partial charge in [0, 0.05) is 32.2 Å². The van der Waals surface area contributed by atoms with Crippen molar-refractivity contribution in [3.8, 4) is 11.5 Å². The Kier molecular flexibility index (Phi) is 6.19. The molecule has 2 aliphatic rings. The quantitative estimate of drug-likeness (QED) is 0.692. The monoisotopic (exact) mass is 368 g/mol. The number of nitrogens with zero attached hydrogens (tertiary/aromatic N) is 2. The molecular weight excluding hydrogens is 340 g/mol. The van der Waals surface area contributed by atoms with Crippen LogP contribution in [0.4, 0.5) is 0 Å². The summed E-state index contributed by atoms with van der Waals surface area (Å²) in [6, 6.07) is 4.88. The van der Waals surface area contributed by atoms with Crippen LogP contribution in [0.2, 0.25) is 0 Å². The zero-order valence-electron chi connectivity index (χ0n) is 14.9. The predicted molar refractivity (Wildman–Crippen MR) is 96.8 cm³/mol. The number of hydrogen-bond donors (Lipinski definition) is 0. The van der Waals surface area contributed by atoms with E-state index in [1.165, 1.54) is 25.7 Å². The van der Waals surface area contributed by atoms with Crippen LogP contribution >= 0.6 is 0 Å². The topological polar surface area (TPSA) is 59.1 Å². The molecule has 1 fully saturated rings. The van der Waals surface area contributed by atoms with E-state index in [1.54, 1.807) is 22.5 Å². The summed E-state index contributed by atoms with van der Waals surface area (Å²) in [4.78, 5) is 2.65. The SMILES string of the molecule is CCCCCCN1CCN(S(=O)(=O)c2ccc3c(c2)OCCO3)CC1. The number of benzene rings is 1. The van der Waals surface area contributed by atoms with Crippen molar-refractivity contribution in [2.75, 3.05) is 45.9 Å². The fraction of sp³-hybridized carbons (Fsp3) is 0.667. The van der Waals surface area contributed by atoms with Gasteiger partial charge in [0.15, 0.2) is 11.5 Å². The van der Waals surface area contributed by atoms with Crippen LogP contribution in [-0.4, -0.2) is 63.6 Å². The largest absolute Gasteiger partial charge is 0.486 e. The zero-order chi connectivity index (χ0) is 17.7. The van der Waals surface area contributed by atoms with E-state index in [0.717, 1.165) is 19.6 Å². The summed E-state index contributed by atoms with van der Waals surface area (Å²) in [5.41, 5.74) is 0. The highest BCUT2D eigenvalue weighted by Gasteiger charge is 2.29. The van der Waals surface area contributed by atoms with Crippen LogP contribution in [0.3, 0.4) is 0 Å². The Morgan fingerprint density at radius 3 is 2.40 bits per heavy atom. The molecule has 140 valence electrons. The molecule has 0 amide bonds. The Balaban J connectivity index is 1.58. The van der Waals surface area contributed by atoms with Crippen LogP contribution < -0.4 is 9.47 Å². The molecule has 2 aliphatic heterocycles. The first-order chi connectivity index (χ1) is 12.1. The van der Waals surface area contributed by atoms with Crippen molar-refractivity contribution in [3.05, 3.63) is 18.2 Å². The highest BCUT2D eigenvalue weighted by molar-refractivity contribution is 7.89. The number of rotatable bonds is 7. The number of piperazine rings is 1. The van der Waals surface area contributed by atoms with E-state index in [1.807, 2.05) is 0 Å². The zero-order valence-corrected chi connectivity index (χ0v) is 15.8. The summed E-state index contributed by atoms with van der Waals surface area (Å²) in [6.07, 6.45) is 4.97. The lowest BCUT2D eigenvalue weighted by Gasteiger charge is -2.34. The molecular formula is C18H28N2O4S. The molecule has 1 saturated heterocycles. The average Bonchev–Trinajstić information content (AvgIpc) is 2.65. The van der Waals surface area contributed by atoms with E-state index < -0.39 is 10.0 Å². The molecule has 0 unspecified atom stereocenters. The van der Waals surface area contributed by atoms with Crippen molar-refractivity contribution in [2.24, 2.45) is 0 Å². The van der Waals surface area contributed by atoms with Crippen molar-refractivity contribution in [3.63, 3.8) is 0 Å². The molecule has 0 spiro atoms. The summed E-state index contributed by atoms with van der Waals surface area (Å²) in [5.74, 6) is 1.13. The van der Waals surface area contributed by atoms with Crippen LogP contribution in [0.25, 0.3) is 0 Å². The van der Waals surface area contributed by atoms with Gasteiger partial charge in [-0.25, -0.2) is 8.42 Å². The highest BCUT2D eigenvalue weighted by atomic mass is 32.2. The fourth-order valence-electron chi connectivity index (χ4n) is 3.29. The Morgan fingerprint density at radius 2 is 1.68 bits per heavy atom. The fourth-order valence-corrected chi connectivity index (χ4v) is 4.73. The maximum Gasteiger partial charge on any atom is 0.243 e. The molecule has 25 heavy (non-hydrogen) atoms. The van der Waals surface area contributed by atoms with Crippen LogP contribution in [0.1, 0.15) is 32.6 Å². The third kappa shape index (κ3) is 4.46. The summed E-state index contributed by atoms with van der Waals surface area (Å²) in [5, 5.41) is 0. The molecule has 6 nitrogen and oxygen atoms in total. The van der Waals surface area contributed by atoms with E-state index in [9.17, 15) is 8.42 Å². The van der Waals surface area contributed by atoms with Gasteiger partial charge < -0.3 is 14.4 Å². The molecule has 0 aromatic heterocycles. The van der Waals surface area contributed by atoms with E-state index in [2.05, 4.69) is 11.8 Å². The van der Waals surface area contributed by atoms with E-state index >= 15 is 0 Å². The minimum absolute atomic E-state index is 0.285. The molecule has 0 saturated carbocycles. The van der Waals surface area contributed by atoms with Gasteiger partial charge in [0.25, 0.3) is 0 Å². The van der Waals surface area contributed by atoms with Crippen LogP contribution in [-0.2, 0) is 10.0 Å². The smallest absolute Gasteiger partial charge is 0.243 e. The number of hydrogen-bond acceptors (Lipinski definition) is 5. The Hall–Kier alpha value is -1.31. The van der Waals surface area contributed by atoms with Gasteiger partial charge in [0.2, 0.25) is 10.0 Å². The first kappa shape index (κ1) is 18.5. The summed E-state index contributed by atoms with van der Waals surface area (Å²) >= 11 is 0. The Labute approximate surface area is 150 Å². The van der Waals surface area contributed by atoms with Gasteiger partial charge in [0.05, 0.1) is 4.90 Å². The molecule has 1 aromatic rings. The number of unbranched alkanes of at least 4 members (excludes halogenated alkanes) is 3. The summed E-state index contributed by atoms with van der Waals surface area (Å²) in [7, 11) is -3.48.